The van der Waals surface area contributed by atoms with Gasteiger partial charge < -0.3 is 10.4 Å². The summed E-state index contributed by atoms with van der Waals surface area (Å²) in [5.74, 6) is 0.0532. The highest BCUT2D eigenvalue weighted by Gasteiger charge is 2.25. The summed E-state index contributed by atoms with van der Waals surface area (Å²) in [6.45, 7) is 9.39. The first-order chi connectivity index (χ1) is 12.6. The fraction of sp³-hybridized carbons (Fsp3) is 0.409. The minimum atomic E-state index is -1.39. The van der Waals surface area contributed by atoms with Crippen LogP contribution in [0.15, 0.2) is 53.4 Å². The monoisotopic (exact) mass is 387 g/mol. The summed E-state index contributed by atoms with van der Waals surface area (Å²) in [7, 11) is -1.39. The van der Waals surface area contributed by atoms with E-state index in [0.717, 1.165) is 16.7 Å². The van der Waals surface area contributed by atoms with Crippen molar-refractivity contribution in [1.82, 2.24) is 5.32 Å². The third-order valence-electron chi connectivity index (χ3n) is 4.52. The number of aliphatic hydroxyl groups is 1. The number of carbonyl (C=O) groups excluding carboxylic acids is 1. The average molecular weight is 388 g/mol. The normalized spacial score (nSPS) is 15.0. The smallest absolute Gasteiger partial charge is 0.225 e. The summed E-state index contributed by atoms with van der Waals surface area (Å²) < 4.78 is 13.0. The lowest BCUT2D eigenvalue weighted by molar-refractivity contribution is -0.129. The lowest BCUT2D eigenvalue weighted by Gasteiger charge is -2.23. The molecule has 146 valence electrons. The Morgan fingerprint density at radius 2 is 1.63 bits per heavy atom. The van der Waals surface area contributed by atoms with Gasteiger partial charge in [-0.15, -0.1) is 0 Å². The Morgan fingerprint density at radius 1 is 1.07 bits per heavy atom. The first kappa shape index (κ1) is 21.3. The van der Waals surface area contributed by atoms with Gasteiger partial charge in [-0.1, -0.05) is 63.2 Å². The molecule has 5 heteroatoms. The van der Waals surface area contributed by atoms with E-state index in [2.05, 4.69) is 5.32 Å². The van der Waals surface area contributed by atoms with E-state index in [1.54, 1.807) is 6.07 Å². The maximum Gasteiger partial charge on any atom is 0.225 e. The first-order valence-corrected chi connectivity index (χ1v) is 10.4. The molecule has 0 aliphatic heterocycles. The van der Waals surface area contributed by atoms with E-state index in [1.807, 2.05) is 77.1 Å². The Kier molecular flexibility index (Phi) is 6.95. The van der Waals surface area contributed by atoms with Crippen molar-refractivity contribution >= 4 is 16.7 Å². The Balaban J connectivity index is 2.20. The summed E-state index contributed by atoms with van der Waals surface area (Å²) in [5.41, 5.74) is 2.08. The summed E-state index contributed by atoms with van der Waals surface area (Å²) in [6, 6.07) is 14.7. The van der Waals surface area contributed by atoms with Gasteiger partial charge in [0.05, 0.1) is 28.7 Å². The molecule has 0 bridgehead atoms. The second kappa shape index (κ2) is 8.81. The number of carbonyl (C=O) groups is 1. The Morgan fingerprint density at radius 3 is 2.22 bits per heavy atom. The Labute approximate surface area is 164 Å². The maximum atomic E-state index is 13.0. The van der Waals surface area contributed by atoms with Gasteiger partial charge in [-0.05, 0) is 36.6 Å². The molecule has 0 aliphatic rings. The third-order valence-corrected chi connectivity index (χ3v) is 6.00. The van der Waals surface area contributed by atoms with Crippen LogP contribution < -0.4 is 5.32 Å². The van der Waals surface area contributed by atoms with Gasteiger partial charge in [-0.3, -0.25) is 9.00 Å². The molecule has 4 nitrogen and oxygen atoms in total. The van der Waals surface area contributed by atoms with Gasteiger partial charge in [0.25, 0.3) is 0 Å². The van der Waals surface area contributed by atoms with Gasteiger partial charge in [0.2, 0.25) is 5.91 Å². The van der Waals surface area contributed by atoms with Crippen LogP contribution in [-0.2, 0) is 15.6 Å². The Hall–Kier alpha value is -1.98. The topological polar surface area (TPSA) is 66.4 Å². The highest BCUT2D eigenvalue weighted by Crippen LogP contribution is 2.26. The number of aliphatic hydroxyl groups excluding tert-OH is 1. The van der Waals surface area contributed by atoms with Gasteiger partial charge >= 0.3 is 0 Å². The molecular weight excluding hydrogens is 358 g/mol. The quantitative estimate of drug-likeness (QED) is 0.785. The molecule has 2 N–H and O–H groups in total. The summed E-state index contributed by atoms with van der Waals surface area (Å²) in [6.07, 6.45) is -0.806. The molecule has 1 amide bonds. The lowest BCUT2D eigenvalue weighted by atomic mass is 9.94. The minimum Gasteiger partial charge on any atom is -0.387 e. The molecule has 0 aliphatic carbocycles. The van der Waals surface area contributed by atoms with Gasteiger partial charge in [-0.2, -0.15) is 0 Å². The van der Waals surface area contributed by atoms with Crippen molar-refractivity contribution < 1.29 is 14.1 Å². The van der Waals surface area contributed by atoms with Crippen LogP contribution in [0.5, 0.6) is 0 Å². The standard InChI is InChI=1S/C22H29NO3S/c1-15-10-6-7-11-17(15)19(24)14-27(26)20-13-9-8-12-18(20)16(2)23-21(25)22(3,4)5/h6-13,16,19,24H,14H2,1-5H3,(H,23,25)/t16-,19-,27?/m1/s1. The van der Waals surface area contributed by atoms with Crippen LogP contribution in [-0.4, -0.2) is 21.0 Å². The Bertz CT molecular complexity index is 826. The fourth-order valence-electron chi connectivity index (χ4n) is 2.82. The van der Waals surface area contributed by atoms with Crippen molar-refractivity contribution in [3.05, 3.63) is 65.2 Å². The van der Waals surface area contributed by atoms with Gasteiger partial charge in [0, 0.05) is 10.3 Å². The van der Waals surface area contributed by atoms with E-state index in [1.165, 1.54) is 0 Å². The molecule has 0 spiro atoms. The predicted octanol–water partition coefficient (Wildman–Crippen LogP) is 4.06. The molecule has 0 aromatic heterocycles. The minimum absolute atomic E-state index is 0.0597. The number of hydrogen-bond donors (Lipinski definition) is 2. The number of aryl methyl sites for hydroxylation is 1. The van der Waals surface area contributed by atoms with Crippen LogP contribution in [0, 0.1) is 12.3 Å². The van der Waals surface area contributed by atoms with E-state index >= 15 is 0 Å². The summed E-state index contributed by atoms with van der Waals surface area (Å²) in [4.78, 5) is 12.9. The number of amides is 1. The van der Waals surface area contributed by atoms with Crippen LogP contribution in [0.3, 0.4) is 0 Å². The number of benzene rings is 2. The molecule has 0 heterocycles. The van der Waals surface area contributed by atoms with Crippen molar-refractivity contribution in [2.24, 2.45) is 5.41 Å². The molecule has 27 heavy (non-hydrogen) atoms. The second-order valence-electron chi connectivity index (χ2n) is 7.87. The van der Waals surface area contributed by atoms with Crippen molar-refractivity contribution in [2.75, 3.05) is 5.75 Å². The first-order valence-electron chi connectivity index (χ1n) is 9.13. The molecule has 0 fully saturated rings. The molecule has 0 saturated carbocycles. The zero-order valence-electron chi connectivity index (χ0n) is 16.7. The van der Waals surface area contributed by atoms with Crippen molar-refractivity contribution in [3.8, 4) is 0 Å². The van der Waals surface area contributed by atoms with Gasteiger partial charge in [0.15, 0.2) is 0 Å². The number of nitrogens with one attached hydrogen (secondary N) is 1. The number of hydrogen-bond acceptors (Lipinski definition) is 3. The van der Waals surface area contributed by atoms with Crippen molar-refractivity contribution in [2.45, 2.75) is 51.7 Å². The second-order valence-corrected chi connectivity index (χ2v) is 9.33. The SMILES string of the molecule is Cc1ccccc1[C@H](O)CS(=O)c1ccccc1[C@@H](C)NC(=O)C(C)(C)C. The van der Waals surface area contributed by atoms with E-state index in [-0.39, 0.29) is 17.7 Å². The zero-order chi connectivity index (χ0) is 20.2. The predicted molar refractivity (Wildman–Crippen MR) is 110 cm³/mol. The largest absolute Gasteiger partial charge is 0.387 e. The van der Waals surface area contributed by atoms with Crippen LogP contribution in [0.2, 0.25) is 0 Å². The maximum absolute atomic E-state index is 13.0. The molecule has 2 rings (SSSR count). The van der Waals surface area contributed by atoms with Crippen LogP contribution in [0.4, 0.5) is 0 Å². The van der Waals surface area contributed by atoms with E-state index in [0.29, 0.717) is 4.90 Å². The molecular formula is C22H29NO3S. The molecule has 0 radical (unpaired) electrons. The lowest BCUT2D eigenvalue weighted by Crippen LogP contribution is -2.36. The van der Waals surface area contributed by atoms with E-state index in [9.17, 15) is 14.1 Å². The highest BCUT2D eigenvalue weighted by atomic mass is 32.2. The van der Waals surface area contributed by atoms with Crippen molar-refractivity contribution in [1.29, 1.82) is 0 Å². The molecule has 3 atom stereocenters. The molecule has 0 saturated heterocycles. The third kappa shape index (κ3) is 5.50. The zero-order valence-corrected chi connectivity index (χ0v) is 17.5. The van der Waals surface area contributed by atoms with Gasteiger partial charge in [-0.25, -0.2) is 0 Å². The van der Waals surface area contributed by atoms with Crippen LogP contribution in [0.1, 0.15) is 56.5 Å². The molecule has 2 aromatic carbocycles. The molecule has 1 unspecified atom stereocenters. The van der Waals surface area contributed by atoms with Crippen molar-refractivity contribution in [3.63, 3.8) is 0 Å². The highest BCUT2D eigenvalue weighted by molar-refractivity contribution is 7.85. The molecule has 2 aromatic rings. The number of rotatable bonds is 6. The van der Waals surface area contributed by atoms with E-state index in [4.69, 9.17) is 0 Å². The van der Waals surface area contributed by atoms with Gasteiger partial charge in [0.1, 0.15) is 0 Å². The summed E-state index contributed by atoms with van der Waals surface area (Å²) in [5, 5.41) is 13.5. The van der Waals surface area contributed by atoms with E-state index < -0.39 is 22.3 Å². The summed E-state index contributed by atoms with van der Waals surface area (Å²) >= 11 is 0. The fourth-order valence-corrected chi connectivity index (χ4v) is 4.20. The average Bonchev–Trinajstić information content (AvgIpc) is 2.61. The van der Waals surface area contributed by atoms with Crippen LogP contribution in [0.25, 0.3) is 0 Å². The van der Waals surface area contributed by atoms with Crippen LogP contribution >= 0.6 is 0 Å².